The second-order valence-electron chi connectivity index (χ2n) is 4.11. The number of imide groups is 1. The average Bonchev–Trinajstić information content (AvgIpc) is 2.72. The largest absolute Gasteiger partial charge is 0.283 e. The highest BCUT2D eigenvalue weighted by Gasteiger charge is 2.41. The van der Waals surface area contributed by atoms with Gasteiger partial charge in [0, 0.05) is 18.5 Å². The molecular formula is C13H7N3O4. The maximum Gasteiger partial charge on any atom is 0.283 e. The number of rotatable bonds is 2. The van der Waals surface area contributed by atoms with E-state index in [0.717, 1.165) is 4.90 Å². The number of fused-ring (bicyclic) bond motifs is 1. The molecule has 0 saturated heterocycles. The van der Waals surface area contributed by atoms with Crippen LogP contribution in [0.5, 0.6) is 0 Å². The van der Waals surface area contributed by atoms with E-state index >= 15 is 0 Å². The summed E-state index contributed by atoms with van der Waals surface area (Å²) in [5.74, 6) is -1.26. The first-order valence-corrected chi connectivity index (χ1v) is 5.67. The van der Waals surface area contributed by atoms with Gasteiger partial charge in [-0.05, 0) is 18.2 Å². The second-order valence-corrected chi connectivity index (χ2v) is 4.11. The Kier molecular flexibility index (Phi) is 2.53. The third-order valence-electron chi connectivity index (χ3n) is 3.01. The lowest BCUT2D eigenvalue weighted by Gasteiger charge is -2.12. The van der Waals surface area contributed by atoms with Crippen molar-refractivity contribution < 1.29 is 14.5 Å². The highest BCUT2D eigenvalue weighted by atomic mass is 16.6. The van der Waals surface area contributed by atoms with Crippen molar-refractivity contribution in [1.82, 2.24) is 4.98 Å². The minimum atomic E-state index is -0.691. The lowest BCUT2D eigenvalue weighted by Crippen LogP contribution is -2.29. The van der Waals surface area contributed by atoms with Gasteiger partial charge in [0.25, 0.3) is 17.5 Å². The number of amides is 2. The topological polar surface area (TPSA) is 93.4 Å². The van der Waals surface area contributed by atoms with Gasteiger partial charge in [-0.2, -0.15) is 0 Å². The molecule has 7 nitrogen and oxygen atoms in total. The Morgan fingerprint density at radius 1 is 1.05 bits per heavy atom. The summed E-state index contributed by atoms with van der Waals surface area (Å²) in [6, 6.07) is 6.99. The van der Waals surface area contributed by atoms with Gasteiger partial charge in [0.2, 0.25) is 0 Å². The van der Waals surface area contributed by atoms with E-state index in [1.165, 1.54) is 42.7 Å². The Morgan fingerprint density at radius 3 is 2.40 bits per heavy atom. The Morgan fingerprint density at radius 2 is 1.75 bits per heavy atom. The molecule has 1 aromatic heterocycles. The van der Waals surface area contributed by atoms with Crippen LogP contribution in [0.3, 0.4) is 0 Å². The number of carbonyl (C=O) groups excluding carboxylic acids is 2. The monoisotopic (exact) mass is 269 g/mol. The van der Waals surface area contributed by atoms with Crippen LogP contribution in [0.25, 0.3) is 0 Å². The van der Waals surface area contributed by atoms with E-state index in [-0.39, 0.29) is 16.8 Å². The molecule has 2 heterocycles. The van der Waals surface area contributed by atoms with Gasteiger partial charge in [0.05, 0.1) is 16.2 Å². The van der Waals surface area contributed by atoms with Crippen LogP contribution in [0.4, 0.5) is 11.4 Å². The third kappa shape index (κ3) is 1.57. The fourth-order valence-corrected chi connectivity index (χ4v) is 2.15. The summed E-state index contributed by atoms with van der Waals surface area (Å²) in [7, 11) is 0. The molecule has 0 aliphatic carbocycles. The molecule has 1 aromatic carbocycles. The first kappa shape index (κ1) is 12.0. The molecule has 3 rings (SSSR count). The van der Waals surface area contributed by atoms with Crippen molar-refractivity contribution in [3.8, 4) is 0 Å². The molecule has 1 aliphatic rings. The normalized spacial score (nSPS) is 13.5. The number of aromatic nitrogens is 1. The molecule has 1 aliphatic heterocycles. The molecule has 0 fully saturated rings. The number of hydrogen-bond donors (Lipinski definition) is 0. The van der Waals surface area contributed by atoms with E-state index in [2.05, 4.69) is 4.98 Å². The van der Waals surface area contributed by atoms with E-state index in [9.17, 15) is 19.7 Å². The molecule has 0 unspecified atom stereocenters. The Hall–Kier alpha value is -3.09. The van der Waals surface area contributed by atoms with E-state index in [4.69, 9.17) is 0 Å². The van der Waals surface area contributed by atoms with Crippen molar-refractivity contribution in [3.05, 3.63) is 64.0 Å². The number of benzene rings is 1. The van der Waals surface area contributed by atoms with Crippen LogP contribution in [0.15, 0.2) is 42.7 Å². The van der Waals surface area contributed by atoms with E-state index in [0.29, 0.717) is 5.69 Å². The fourth-order valence-electron chi connectivity index (χ4n) is 2.15. The summed E-state index contributed by atoms with van der Waals surface area (Å²) in [5, 5.41) is 11.0. The minimum Gasteiger partial charge on any atom is -0.268 e. The maximum atomic E-state index is 12.3. The van der Waals surface area contributed by atoms with E-state index < -0.39 is 16.7 Å². The van der Waals surface area contributed by atoms with Crippen molar-refractivity contribution in [2.45, 2.75) is 0 Å². The molecule has 0 N–H and O–H groups in total. The molecule has 0 spiro atoms. The zero-order valence-electron chi connectivity index (χ0n) is 10.0. The number of carbonyl (C=O) groups is 2. The van der Waals surface area contributed by atoms with Crippen molar-refractivity contribution in [2.75, 3.05) is 4.90 Å². The van der Waals surface area contributed by atoms with Crippen molar-refractivity contribution in [1.29, 1.82) is 0 Å². The Labute approximate surface area is 112 Å². The highest BCUT2D eigenvalue weighted by Crippen LogP contribution is 2.33. The zero-order valence-corrected chi connectivity index (χ0v) is 10.0. The number of anilines is 1. The Balaban J connectivity index is 2.18. The number of nitrogens with zero attached hydrogens (tertiary/aromatic N) is 3. The van der Waals surface area contributed by atoms with Crippen LogP contribution in [-0.4, -0.2) is 21.7 Å². The molecule has 2 aromatic rings. The Bertz CT molecular complexity index is 743. The first-order chi connectivity index (χ1) is 9.61. The molecule has 0 bridgehead atoms. The number of pyridine rings is 1. The third-order valence-corrected chi connectivity index (χ3v) is 3.01. The molecule has 2 amide bonds. The SMILES string of the molecule is O=C1c2cccc([N+](=O)[O-])c2C(=O)N1c1ccncc1. The van der Waals surface area contributed by atoms with Crippen LogP contribution in [0.2, 0.25) is 0 Å². The number of nitro benzene ring substituents is 1. The standard InChI is InChI=1S/C13H7N3O4/c17-12-9-2-1-3-10(16(19)20)11(9)13(18)15(12)8-4-6-14-7-5-8/h1-7H. The summed E-state index contributed by atoms with van der Waals surface area (Å²) in [5.41, 5.74) is -0.154. The van der Waals surface area contributed by atoms with Crippen LogP contribution in [0.1, 0.15) is 20.7 Å². The van der Waals surface area contributed by atoms with Crippen molar-refractivity contribution in [2.24, 2.45) is 0 Å². The van der Waals surface area contributed by atoms with E-state index in [1.54, 1.807) is 0 Å². The second kappa shape index (κ2) is 4.23. The predicted octanol–water partition coefficient (Wildman–Crippen LogP) is 1.79. The van der Waals surface area contributed by atoms with Gasteiger partial charge >= 0.3 is 0 Å². The minimum absolute atomic E-state index is 0.0426. The molecule has 20 heavy (non-hydrogen) atoms. The van der Waals surface area contributed by atoms with Gasteiger partial charge < -0.3 is 0 Å². The summed E-state index contributed by atoms with van der Waals surface area (Å²) < 4.78 is 0. The summed E-state index contributed by atoms with van der Waals surface area (Å²) in [6.45, 7) is 0. The molecule has 0 radical (unpaired) electrons. The van der Waals surface area contributed by atoms with Crippen LogP contribution < -0.4 is 4.90 Å². The number of hydrogen-bond acceptors (Lipinski definition) is 5. The fraction of sp³-hybridized carbons (Fsp3) is 0. The van der Waals surface area contributed by atoms with Gasteiger partial charge in [-0.3, -0.25) is 24.7 Å². The number of nitro groups is 1. The maximum absolute atomic E-state index is 12.3. The molecule has 0 atom stereocenters. The average molecular weight is 269 g/mol. The summed E-state index contributed by atoms with van der Waals surface area (Å²) in [6.07, 6.45) is 2.88. The lowest BCUT2D eigenvalue weighted by atomic mass is 10.1. The lowest BCUT2D eigenvalue weighted by molar-refractivity contribution is -0.385. The zero-order chi connectivity index (χ0) is 14.3. The van der Waals surface area contributed by atoms with E-state index in [1.807, 2.05) is 0 Å². The predicted molar refractivity (Wildman–Crippen MR) is 68.5 cm³/mol. The highest BCUT2D eigenvalue weighted by molar-refractivity contribution is 6.35. The smallest absolute Gasteiger partial charge is 0.268 e. The summed E-state index contributed by atoms with van der Waals surface area (Å²) >= 11 is 0. The molecule has 0 saturated carbocycles. The molecule has 98 valence electrons. The van der Waals surface area contributed by atoms with Gasteiger partial charge in [-0.25, -0.2) is 4.90 Å². The quantitative estimate of drug-likeness (QED) is 0.470. The van der Waals surface area contributed by atoms with Gasteiger partial charge in [-0.15, -0.1) is 0 Å². The van der Waals surface area contributed by atoms with Crippen molar-refractivity contribution >= 4 is 23.2 Å². The van der Waals surface area contributed by atoms with Crippen LogP contribution >= 0.6 is 0 Å². The van der Waals surface area contributed by atoms with Crippen molar-refractivity contribution in [3.63, 3.8) is 0 Å². The van der Waals surface area contributed by atoms with Crippen LogP contribution in [0, 0.1) is 10.1 Å². The molecular weight excluding hydrogens is 262 g/mol. The molecule has 7 heteroatoms. The van der Waals surface area contributed by atoms with Gasteiger partial charge in [-0.1, -0.05) is 6.07 Å². The van der Waals surface area contributed by atoms with Crippen LogP contribution in [-0.2, 0) is 0 Å². The van der Waals surface area contributed by atoms with Gasteiger partial charge in [0.1, 0.15) is 5.56 Å². The first-order valence-electron chi connectivity index (χ1n) is 5.67. The van der Waals surface area contributed by atoms with Gasteiger partial charge in [0.15, 0.2) is 0 Å². The summed E-state index contributed by atoms with van der Waals surface area (Å²) in [4.78, 5) is 39.6.